The van der Waals surface area contributed by atoms with Crippen molar-refractivity contribution < 1.29 is 9.53 Å². The number of para-hydroxylation sites is 1. The zero-order valence-electron chi connectivity index (χ0n) is 19.1. The Balaban J connectivity index is 1.67. The van der Waals surface area contributed by atoms with Crippen LogP contribution >= 0.6 is 0 Å². The number of benzene rings is 2. The smallest absolute Gasteiger partial charge is 0.330 e. The van der Waals surface area contributed by atoms with E-state index in [1.807, 2.05) is 61.5 Å². The van der Waals surface area contributed by atoms with Gasteiger partial charge in [-0.05, 0) is 24.1 Å². The van der Waals surface area contributed by atoms with E-state index in [1.165, 1.54) is 11.7 Å². The van der Waals surface area contributed by atoms with Gasteiger partial charge in [-0.15, -0.1) is 0 Å². The first-order valence-corrected chi connectivity index (χ1v) is 11.0. The van der Waals surface area contributed by atoms with E-state index in [1.54, 1.807) is 0 Å². The Labute approximate surface area is 195 Å². The van der Waals surface area contributed by atoms with Crippen LogP contribution in [0.1, 0.15) is 16.8 Å². The number of methoxy groups -OCH3 is 1. The van der Waals surface area contributed by atoms with E-state index >= 15 is 0 Å². The summed E-state index contributed by atoms with van der Waals surface area (Å²) in [7, 11) is 1.52. The Morgan fingerprint density at radius 2 is 1.76 bits per heavy atom. The molecule has 0 aliphatic heterocycles. The second-order valence-corrected chi connectivity index (χ2v) is 7.97. The van der Waals surface area contributed by atoms with Gasteiger partial charge in [0.05, 0.1) is 19.6 Å². The molecule has 9 nitrogen and oxygen atoms in total. The summed E-state index contributed by atoms with van der Waals surface area (Å²) in [5, 5.41) is 6.85. The van der Waals surface area contributed by atoms with E-state index in [9.17, 15) is 14.4 Å². The van der Waals surface area contributed by atoms with Gasteiger partial charge in [0.1, 0.15) is 11.5 Å². The molecule has 0 saturated carbocycles. The lowest BCUT2D eigenvalue weighted by molar-refractivity contribution is -0.115. The van der Waals surface area contributed by atoms with Gasteiger partial charge < -0.3 is 20.4 Å². The number of hydrogen-bond acceptors (Lipinski definition) is 5. The van der Waals surface area contributed by atoms with Gasteiger partial charge in [-0.3, -0.25) is 19.1 Å². The highest BCUT2D eigenvalue weighted by atomic mass is 16.5. The molecule has 0 fully saturated rings. The second-order valence-electron chi connectivity index (χ2n) is 7.97. The van der Waals surface area contributed by atoms with E-state index in [-0.39, 0.29) is 37.0 Å². The lowest BCUT2D eigenvalue weighted by Crippen LogP contribution is -2.36. The average molecular weight is 462 g/mol. The summed E-state index contributed by atoms with van der Waals surface area (Å²) < 4.78 is 6.42. The SMILES string of the molecule is COCCn1c(NC(=O)Cc2c(C)[nH]c3ccccc23)c(NCc2ccccc2)c(=O)[nH]c1=O. The van der Waals surface area contributed by atoms with E-state index in [4.69, 9.17) is 4.74 Å². The summed E-state index contributed by atoms with van der Waals surface area (Å²) in [6.45, 7) is 2.65. The van der Waals surface area contributed by atoms with Gasteiger partial charge in [0.15, 0.2) is 0 Å². The Hall–Kier alpha value is -4.11. The van der Waals surface area contributed by atoms with Gasteiger partial charge in [0.2, 0.25) is 5.91 Å². The first-order valence-electron chi connectivity index (χ1n) is 11.0. The minimum atomic E-state index is -0.620. The molecule has 0 aliphatic carbocycles. The number of aromatic nitrogens is 3. The molecule has 4 rings (SSSR count). The van der Waals surface area contributed by atoms with Crippen LogP contribution in [0.25, 0.3) is 10.9 Å². The second kappa shape index (κ2) is 10.2. The number of H-pyrrole nitrogens is 2. The summed E-state index contributed by atoms with van der Waals surface area (Å²) in [4.78, 5) is 44.1. The molecule has 0 radical (unpaired) electrons. The van der Waals surface area contributed by atoms with Crippen molar-refractivity contribution in [3.8, 4) is 0 Å². The van der Waals surface area contributed by atoms with E-state index in [0.717, 1.165) is 27.7 Å². The first kappa shape index (κ1) is 23.1. The number of nitrogens with zero attached hydrogens (tertiary/aromatic N) is 1. The number of rotatable bonds is 9. The average Bonchev–Trinajstić information content (AvgIpc) is 3.14. The molecule has 0 spiro atoms. The fraction of sp³-hybridized carbons (Fsp3) is 0.240. The van der Waals surface area contributed by atoms with Gasteiger partial charge in [0.25, 0.3) is 5.56 Å². The Bertz CT molecular complexity index is 1420. The standard InChI is InChI=1S/C25H27N5O4/c1-16-19(18-10-6-7-11-20(18)27-16)14-21(31)28-23-22(26-15-17-8-4-3-5-9-17)24(32)29-25(33)30(23)12-13-34-2/h3-11,26-27H,12-15H2,1-2H3,(H,28,31)(H,29,32,33). The predicted molar refractivity (Wildman–Crippen MR) is 132 cm³/mol. The molecule has 176 valence electrons. The molecule has 0 atom stereocenters. The largest absolute Gasteiger partial charge is 0.383 e. The van der Waals surface area contributed by atoms with Gasteiger partial charge in [-0.1, -0.05) is 48.5 Å². The minimum Gasteiger partial charge on any atom is -0.383 e. The molecule has 2 heterocycles. The summed E-state index contributed by atoms with van der Waals surface area (Å²) in [5.74, 6) is -0.226. The normalized spacial score (nSPS) is 11.0. The van der Waals surface area contributed by atoms with Crippen LogP contribution in [0.4, 0.5) is 11.5 Å². The first-order chi connectivity index (χ1) is 16.5. The number of anilines is 2. The maximum atomic E-state index is 13.1. The maximum absolute atomic E-state index is 13.1. The third kappa shape index (κ3) is 4.94. The zero-order chi connectivity index (χ0) is 24.1. The van der Waals surface area contributed by atoms with Gasteiger partial charge in [-0.2, -0.15) is 0 Å². The molecule has 9 heteroatoms. The topological polar surface area (TPSA) is 121 Å². The molecule has 0 saturated heterocycles. The fourth-order valence-electron chi connectivity index (χ4n) is 3.95. The molecule has 0 unspecified atom stereocenters. The van der Waals surface area contributed by atoms with Crippen LogP contribution in [0, 0.1) is 6.92 Å². The number of aromatic amines is 2. The van der Waals surface area contributed by atoms with Crippen molar-refractivity contribution in [3.63, 3.8) is 0 Å². The van der Waals surface area contributed by atoms with Crippen LogP contribution in [0.2, 0.25) is 0 Å². The van der Waals surface area contributed by atoms with Crippen molar-refractivity contribution in [2.24, 2.45) is 0 Å². The summed E-state index contributed by atoms with van der Waals surface area (Å²) in [6, 6.07) is 17.3. The zero-order valence-corrected chi connectivity index (χ0v) is 19.1. The van der Waals surface area contributed by atoms with Crippen molar-refractivity contribution in [2.45, 2.75) is 26.4 Å². The Morgan fingerprint density at radius 1 is 1.03 bits per heavy atom. The van der Waals surface area contributed by atoms with Crippen molar-refractivity contribution in [3.05, 3.63) is 92.3 Å². The Morgan fingerprint density at radius 3 is 2.53 bits per heavy atom. The molecule has 4 aromatic rings. The number of amides is 1. The number of carbonyl (C=O) groups is 1. The maximum Gasteiger partial charge on any atom is 0.330 e. The molecule has 4 N–H and O–H groups in total. The number of nitrogens with one attached hydrogen (secondary N) is 4. The van der Waals surface area contributed by atoms with Crippen molar-refractivity contribution in [1.82, 2.24) is 14.5 Å². The van der Waals surface area contributed by atoms with Crippen LogP contribution < -0.4 is 21.9 Å². The van der Waals surface area contributed by atoms with Crippen LogP contribution in [-0.4, -0.2) is 34.2 Å². The van der Waals surface area contributed by atoms with E-state index in [0.29, 0.717) is 6.54 Å². The quantitative estimate of drug-likeness (QED) is 0.305. The third-order valence-electron chi connectivity index (χ3n) is 5.65. The molecule has 1 amide bonds. The lowest BCUT2D eigenvalue weighted by Gasteiger charge is -2.18. The van der Waals surface area contributed by atoms with Gasteiger partial charge >= 0.3 is 5.69 Å². The summed E-state index contributed by atoms with van der Waals surface area (Å²) in [5.41, 5.74) is 2.54. The lowest BCUT2D eigenvalue weighted by atomic mass is 10.1. The van der Waals surface area contributed by atoms with Gasteiger partial charge in [0, 0.05) is 30.3 Å². The predicted octanol–water partition coefficient (Wildman–Crippen LogP) is 2.77. The van der Waals surface area contributed by atoms with E-state index in [2.05, 4.69) is 20.6 Å². The molecule has 2 aromatic carbocycles. The van der Waals surface area contributed by atoms with Gasteiger partial charge in [-0.25, -0.2) is 4.79 Å². The van der Waals surface area contributed by atoms with Crippen molar-refractivity contribution >= 4 is 28.3 Å². The molecular formula is C25H27N5O4. The van der Waals surface area contributed by atoms with E-state index < -0.39 is 11.2 Å². The van der Waals surface area contributed by atoms with Crippen LogP contribution in [0.15, 0.2) is 64.2 Å². The highest BCUT2D eigenvalue weighted by Gasteiger charge is 2.19. The summed E-state index contributed by atoms with van der Waals surface area (Å²) >= 11 is 0. The van der Waals surface area contributed by atoms with Crippen molar-refractivity contribution in [2.75, 3.05) is 24.4 Å². The summed E-state index contributed by atoms with van der Waals surface area (Å²) in [6.07, 6.45) is 0.0826. The number of fused-ring (bicyclic) bond motifs is 1. The molecular weight excluding hydrogens is 434 g/mol. The van der Waals surface area contributed by atoms with Crippen LogP contribution in [-0.2, 0) is 29.0 Å². The minimum absolute atomic E-state index is 0.0826. The monoisotopic (exact) mass is 461 g/mol. The van der Waals surface area contributed by atoms with Crippen LogP contribution in [0.5, 0.6) is 0 Å². The fourth-order valence-corrected chi connectivity index (χ4v) is 3.95. The number of carbonyl (C=O) groups excluding carboxylic acids is 1. The molecule has 0 aliphatic rings. The molecule has 0 bridgehead atoms. The molecule has 2 aromatic heterocycles. The Kier molecular flexibility index (Phi) is 6.93. The number of hydrogen-bond donors (Lipinski definition) is 4. The third-order valence-corrected chi connectivity index (χ3v) is 5.65. The van der Waals surface area contributed by atoms with Crippen LogP contribution in [0.3, 0.4) is 0 Å². The number of ether oxygens (including phenoxy) is 1. The molecule has 34 heavy (non-hydrogen) atoms. The highest BCUT2D eigenvalue weighted by molar-refractivity contribution is 5.97. The number of aryl methyl sites for hydroxylation is 1. The highest BCUT2D eigenvalue weighted by Crippen LogP contribution is 2.23. The van der Waals surface area contributed by atoms with Crippen molar-refractivity contribution in [1.29, 1.82) is 0 Å².